The molecule has 1 aromatic carbocycles. The fourth-order valence-corrected chi connectivity index (χ4v) is 2.41. The second-order valence-electron chi connectivity index (χ2n) is 3.05. The van der Waals surface area contributed by atoms with Crippen LogP contribution in [0.15, 0.2) is 16.5 Å². The summed E-state index contributed by atoms with van der Waals surface area (Å²) >= 11 is 1.61. The van der Waals surface area contributed by atoms with Gasteiger partial charge in [-0.3, -0.25) is 0 Å². The first kappa shape index (κ1) is 7.75. The summed E-state index contributed by atoms with van der Waals surface area (Å²) in [7, 11) is 0. The van der Waals surface area contributed by atoms with Gasteiger partial charge in [-0.15, -0.1) is 11.3 Å². The molecule has 0 unspecified atom stereocenters. The molecular formula is C9H7N3OS. The predicted octanol–water partition coefficient (Wildman–Crippen LogP) is 2.33. The van der Waals surface area contributed by atoms with Gasteiger partial charge in [0.05, 0.1) is 15.2 Å². The summed E-state index contributed by atoms with van der Waals surface area (Å²) in [5, 5.41) is 1.02. The van der Waals surface area contributed by atoms with Gasteiger partial charge in [0.1, 0.15) is 5.52 Å². The minimum absolute atomic E-state index is 0.207. The number of benzene rings is 1. The number of hydrogen-bond acceptors (Lipinski definition) is 5. The Bertz CT molecular complexity index is 570. The first-order valence-corrected chi connectivity index (χ1v) is 4.98. The zero-order valence-electron chi connectivity index (χ0n) is 7.44. The van der Waals surface area contributed by atoms with E-state index in [1.54, 1.807) is 11.3 Å². The van der Waals surface area contributed by atoms with Gasteiger partial charge in [0.15, 0.2) is 5.58 Å². The van der Waals surface area contributed by atoms with Crippen LogP contribution in [0.5, 0.6) is 0 Å². The molecule has 3 rings (SSSR count). The van der Waals surface area contributed by atoms with E-state index in [9.17, 15) is 0 Å². The van der Waals surface area contributed by atoms with E-state index in [-0.39, 0.29) is 6.01 Å². The topological polar surface area (TPSA) is 64.9 Å². The third-order valence-electron chi connectivity index (χ3n) is 2.04. The Labute approximate surface area is 83.4 Å². The van der Waals surface area contributed by atoms with E-state index in [1.165, 1.54) is 0 Å². The molecule has 0 saturated carbocycles. The van der Waals surface area contributed by atoms with Crippen molar-refractivity contribution in [3.8, 4) is 0 Å². The number of nitrogens with zero attached hydrogens (tertiary/aromatic N) is 2. The van der Waals surface area contributed by atoms with Gasteiger partial charge in [0.25, 0.3) is 6.01 Å². The van der Waals surface area contributed by atoms with Crippen molar-refractivity contribution in [2.24, 2.45) is 0 Å². The zero-order chi connectivity index (χ0) is 9.71. The third-order valence-corrected chi connectivity index (χ3v) is 3.03. The molecule has 0 aliphatic rings. The van der Waals surface area contributed by atoms with Gasteiger partial charge in [0.2, 0.25) is 0 Å². The van der Waals surface area contributed by atoms with E-state index in [0.717, 1.165) is 26.3 Å². The first-order valence-electron chi connectivity index (χ1n) is 4.16. The molecule has 5 heteroatoms. The maximum atomic E-state index is 5.49. The van der Waals surface area contributed by atoms with Crippen LogP contribution < -0.4 is 5.73 Å². The van der Waals surface area contributed by atoms with Crippen molar-refractivity contribution < 1.29 is 4.42 Å². The van der Waals surface area contributed by atoms with Gasteiger partial charge in [-0.2, -0.15) is 4.98 Å². The second-order valence-corrected chi connectivity index (χ2v) is 4.25. The summed E-state index contributed by atoms with van der Waals surface area (Å²) < 4.78 is 6.27. The number of fused-ring (bicyclic) bond motifs is 3. The zero-order valence-corrected chi connectivity index (χ0v) is 8.26. The lowest BCUT2D eigenvalue weighted by Gasteiger charge is -1.86. The Morgan fingerprint density at radius 2 is 2.21 bits per heavy atom. The van der Waals surface area contributed by atoms with Gasteiger partial charge in [-0.25, -0.2) is 4.98 Å². The van der Waals surface area contributed by atoms with E-state index in [4.69, 9.17) is 10.2 Å². The molecule has 0 aliphatic carbocycles. The van der Waals surface area contributed by atoms with Crippen molar-refractivity contribution in [3.05, 3.63) is 17.1 Å². The summed E-state index contributed by atoms with van der Waals surface area (Å²) in [6, 6.07) is 3.98. The van der Waals surface area contributed by atoms with E-state index in [1.807, 2.05) is 19.1 Å². The Morgan fingerprint density at radius 3 is 3.07 bits per heavy atom. The van der Waals surface area contributed by atoms with Crippen LogP contribution in [0, 0.1) is 6.92 Å². The molecule has 2 N–H and O–H groups in total. The molecule has 4 nitrogen and oxygen atoms in total. The van der Waals surface area contributed by atoms with E-state index >= 15 is 0 Å². The lowest BCUT2D eigenvalue weighted by atomic mass is 10.3. The molecular weight excluding hydrogens is 198 g/mol. The Morgan fingerprint density at radius 1 is 1.36 bits per heavy atom. The highest BCUT2D eigenvalue weighted by molar-refractivity contribution is 7.19. The van der Waals surface area contributed by atoms with E-state index in [2.05, 4.69) is 9.97 Å². The molecule has 0 atom stereocenters. The third kappa shape index (κ3) is 0.927. The van der Waals surface area contributed by atoms with Gasteiger partial charge in [0, 0.05) is 0 Å². The number of nitrogen functional groups attached to an aromatic ring is 1. The highest BCUT2D eigenvalue weighted by Crippen LogP contribution is 2.30. The molecule has 70 valence electrons. The Hall–Kier alpha value is -1.62. The summed E-state index contributed by atoms with van der Waals surface area (Å²) in [6.07, 6.45) is 0. The number of aryl methyl sites for hydroxylation is 1. The number of thiazole rings is 1. The highest BCUT2D eigenvalue weighted by Gasteiger charge is 2.10. The molecule has 0 aliphatic heterocycles. The largest absolute Gasteiger partial charge is 0.424 e. The fourth-order valence-electron chi connectivity index (χ4n) is 1.51. The van der Waals surface area contributed by atoms with Crippen molar-refractivity contribution in [3.63, 3.8) is 0 Å². The monoisotopic (exact) mass is 205 g/mol. The number of oxazole rings is 1. The summed E-state index contributed by atoms with van der Waals surface area (Å²) in [5.74, 6) is 0. The normalized spacial score (nSPS) is 11.5. The first-order chi connectivity index (χ1) is 6.74. The molecule has 2 heterocycles. The number of aromatic nitrogens is 2. The van der Waals surface area contributed by atoms with Crippen molar-refractivity contribution in [1.29, 1.82) is 0 Å². The SMILES string of the molecule is Cc1nc2ccc3oc(N)nc3c2s1. The average molecular weight is 205 g/mol. The lowest BCUT2D eigenvalue weighted by Crippen LogP contribution is -1.80. The molecule has 0 bridgehead atoms. The Balaban J connectivity index is 2.58. The summed E-state index contributed by atoms with van der Waals surface area (Å²) in [6.45, 7) is 1.97. The minimum atomic E-state index is 0.207. The van der Waals surface area contributed by atoms with Crippen LogP contribution in [0.4, 0.5) is 6.01 Å². The molecule has 0 radical (unpaired) electrons. The van der Waals surface area contributed by atoms with Gasteiger partial charge in [-0.1, -0.05) is 0 Å². The van der Waals surface area contributed by atoms with Crippen molar-refractivity contribution in [1.82, 2.24) is 9.97 Å². The average Bonchev–Trinajstić information content (AvgIpc) is 2.65. The lowest BCUT2D eigenvalue weighted by molar-refractivity contribution is 0.626. The van der Waals surface area contributed by atoms with Crippen LogP contribution in [0.1, 0.15) is 5.01 Å². The number of nitrogens with two attached hydrogens (primary N) is 1. The van der Waals surface area contributed by atoms with Crippen LogP contribution in [-0.2, 0) is 0 Å². The van der Waals surface area contributed by atoms with Crippen LogP contribution in [0.25, 0.3) is 21.3 Å². The number of anilines is 1. The molecule has 0 spiro atoms. The number of hydrogen-bond donors (Lipinski definition) is 1. The number of rotatable bonds is 0. The smallest absolute Gasteiger partial charge is 0.293 e. The molecule has 0 saturated heterocycles. The van der Waals surface area contributed by atoms with Crippen LogP contribution in [0.2, 0.25) is 0 Å². The van der Waals surface area contributed by atoms with E-state index in [0.29, 0.717) is 0 Å². The van der Waals surface area contributed by atoms with Crippen molar-refractivity contribution >= 4 is 38.7 Å². The van der Waals surface area contributed by atoms with Crippen LogP contribution in [-0.4, -0.2) is 9.97 Å². The van der Waals surface area contributed by atoms with Crippen LogP contribution >= 0.6 is 11.3 Å². The van der Waals surface area contributed by atoms with Crippen LogP contribution in [0.3, 0.4) is 0 Å². The fraction of sp³-hybridized carbons (Fsp3) is 0.111. The highest BCUT2D eigenvalue weighted by atomic mass is 32.1. The molecule has 3 aromatic rings. The van der Waals surface area contributed by atoms with Gasteiger partial charge < -0.3 is 10.2 Å². The Kier molecular flexibility index (Phi) is 1.36. The molecule has 0 fully saturated rings. The molecule has 0 amide bonds. The maximum absolute atomic E-state index is 5.49. The van der Waals surface area contributed by atoms with Gasteiger partial charge >= 0.3 is 0 Å². The van der Waals surface area contributed by atoms with Gasteiger partial charge in [-0.05, 0) is 19.1 Å². The summed E-state index contributed by atoms with van der Waals surface area (Å²) in [4.78, 5) is 8.50. The second kappa shape index (κ2) is 2.45. The summed E-state index contributed by atoms with van der Waals surface area (Å²) in [5.41, 5.74) is 7.98. The predicted molar refractivity (Wildman–Crippen MR) is 56.3 cm³/mol. The molecule has 14 heavy (non-hydrogen) atoms. The molecule has 2 aromatic heterocycles. The van der Waals surface area contributed by atoms with E-state index < -0.39 is 0 Å². The maximum Gasteiger partial charge on any atom is 0.293 e. The van der Waals surface area contributed by atoms with Crippen molar-refractivity contribution in [2.75, 3.05) is 5.73 Å². The quantitative estimate of drug-likeness (QED) is 0.611. The standard InChI is InChI=1S/C9H7N3OS/c1-4-11-5-2-3-6-7(8(5)14-4)12-9(10)13-6/h2-3H,1H3,(H2,10,12). The minimum Gasteiger partial charge on any atom is -0.424 e. The van der Waals surface area contributed by atoms with Crippen molar-refractivity contribution in [2.45, 2.75) is 6.92 Å².